The molecule has 150 valence electrons. The monoisotopic (exact) mass is 411 g/mol. The molecule has 8 nitrogen and oxygen atoms in total. The molecule has 29 heavy (non-hydrogen) atoms. The van der Waals surface area contributed by atoms with Gasteiger partial charge in [0.25, 0.3) is 0 Å². The van der Waals surface area contributed by atoms with Gasteiger partial charge in [0.2, 0.25) is 17.9 Å². The van der Waals surface area contributed by atoms with Gasteiger partial charge >= 0.3 is 0 Å². The van der Waals surface area contributed by atoms with E-state index >= 15 is 0 Å². The van der Waals surface area contributed by atoms with Crippen molar-refractivity contribution in [1.29, 1.82) is 0 Å². The molecule has 1 aliphatic rings. The third-order valence-corrected chi connectivity index (χ3v) is 5.61. The van der Waals surface area contributed by atoms with Crippen LogP contribution in [-0.2, 0) is 11.3 Å². The molecule has 0 bridgehead atoms. The summed E-state index contributed by atoms with van der Waals surface area (Å²) >= 11 is 1.32. The van der Waals surface area contributed by atoms with Crippen molar-refractivity contribution in [3.63, 3.8) is 0 Å². The van der Waals surface area contributed by atoms with E-state index in [2.05, 4.69) is 26.9 Å². The summed E-state index contributed by atoms with van der Waals surface area (Å²) < 4.78 is 12.3. The number of hydrogen-bond acceptors (Lipinski definition) is 7. The summed E-state index contributed by atoms with van der Waals surface area (Å²) in [6.45, 7) is 6.52. The van der Waals surface area contributed by atoms with E-state index in [4.69, 9.17) is 9.47 Å². The van der Waals surface area contributed by atoms with Gasteiger partial charge in [-0.05, 0) is 60.5 Å². The molecule has 1 aromatic heterocycles. The van der Waals surface area contributed by atoms with Crippen LogP contribution in [0, 0.1) is 13.8 Å². The number of aromatic nitrogens is 4. The molecular formula is C20H21N5O3S. The highest BCUT2D eigenvalue weighted by Gasteiger charge is 2.20. The number of rotatable bonds is 6. The Labute approximate surface area is 172 Å². The lowest BCUT2D eigenvalue weighted by Crippen LogP contribution is -2.30. The van der Waals surface area contributed by atoms with Gasteiger partial charge in [0.05, 0.1) is 10.9 Å². The summed E-state index contributed by atoms with van der Waals surface area (Å²) in [5.74, 6) is 1.33. The molecule has 0 aliphatic carbocycles. The van der Waals surface area contributed by atoms with Crippen LogP contribution in [0.15, 0.2) is 41.6 Å². The predicted molar refractivity (Wildman–Crippen MR) is 108 cm³/mol. The topological polar surface area (TPSA) is 91.2 Å². The molecule has 1 aliphatic heterocycles. The number of aryl methyl sites for hydroxylation is 2. The number of hydrogen-bond donors (Lipinski definition) is 1. The zero-order chi connectivity index (χ0) is 20.4. The average molecular weight is 411 g/mol. The first-order valence-corrected chi connectivity index (χ1v) is 10.1. The Kier molecular flexibility index (Phi) is 5.39. The summed E-state index contributed by atoms with van der Waals surface area (Å²) in [7, 11) is 0. The zero-order valence-corrected chi connectivity index (χ0v) is 17.2. The molecule has 1 amide bonds. The standard InChI is InChI=1S/C20H21N5O3S/c1-12-4-6-16(13(2)8-12)25-20(22-23-24-25)29-14(3)19(26)21-10-15-5-7-17-18(9-15)28-11-27-17/h4-9,14H,10-11H2,1-3H3,(H,21,26)/t14-/m1/s1. The highest BCUT2D eigenvalue weighted by Crippen LogP contribution is 2.32. The minimum Gasteiger partial charge on any atom is -0.454 e. The van der Waals surface area contributed by atoms with E-state index in [-0.39, 0.29) is 18.0 Å². The summed E-state index contributed by atoms with van der Waals surface area (Å²) in [6, 6.07) is 11.7. The summed E-state index contributed by atoms with van der Waals surface area (Å²) in [6.07, 6.45) is 0. The van der Waals surface area contributed by atoms with Gasteiger partial charge in [-0.3, -0.25) is 4.79 Å². The Hall–Kier alpha value is -3.07. The van der Waals surface area contributed by atoms with Gasteiger partial charge in [-0.25, -0.2) is 0 Å². The van der Waals surface area contributed by atoms with E-state index in [9.17, 15) is 4.79 Å². The lowest BCUT2D eigenvalue weighted by molar-refractivity contribution is -0.120. The molecule has 0 unspecified atom stereocenters. The minimum atomic E-state index is -0.362. The molecule has 0 spiro atoms. The van der Waals surface area contributed by atoms with Gasteiger partial charge in [0.15, 0.2) is 11.5 Å². The molecule has 0 fully saturated rings. The van der Waals surface area contributed by atoms with Crippen molar-refractivity contribution in [3.05, 3.63) is 53.1 Å². The number of ether oxygens (including phenoxy) is 2. The molecule has 4 rings (SSSR count). The second-order valence-electron chi connectivity index (χ2n) is 6.83. The van der Waals surface area contributed by atoms with Crippen LogP contribution < -0.4 is 14.8 Å². The van der Waals surface area contributed by atoms with Crippen LogP contribution in [0.25, 0.3) is 5.69 Å². The largest absolute Gasteiger partial charge is 0.454 e. The smallest absolute Gasteiger partial charge is 0.233 e. The van der Waals surface area contributed by atoms with Gasteiger partial charge in [0.1, 0.15) is 0 Å². The summed E-state index contributed by atoms with van der Waals surface area (Å²) in [5.41, 5.74) is 4.08. The van der Waals surface area contributed by atoms with Gasteiger partial charge < -0.3 is 14.8 Å². The lowest BCUT2D eigenvalue weighted by atomic mass is 10.1. The van der Waals surface area contributed by atoms with E-state index in [0.717, 1.165) is 22.6 Å². The van der Waals surface area contributed by atoms with Crippen molar-refractivity contribution in [3.8, 4) is 17.2 Å². The number of tetrazole rings is 1. The van der Waals surface area contributed by atoms with E-state index < -0.39 is 0 Å². The van der Waals surface area contributed by atoms with Crippen molar-refractivity contribution in [2.45, 2.75) is 37.7 Å². The average Bonchev–Trinajstić information content (AvgIpc) is 3.35. The fourth-order valence-electron chi connectivity index (χ4n) is 3.04. The van der Waals surface area contributed by atoms with E-state index in [1.54, 1.807) is 4.68 Å². The molecule has 1 atom stereocenters. The second kappa shape index (κ2) is 8.12. The zero-order valence-electron chi connectivity index (χ0n) is 16.4. The number of thioether (sulfide) groups is 1. The first kappa shape index (κ1) is 19.3. The maximum absolute atomic E-state index is 12.6. The molecule has 3 aromatic rings. The maximum Gasteiger partial charge on any atom is 0.233 e. The van der Waals surface area contributed by atoms with Crippen molar-refractivity contribution >= 4 is 17.7 Å². The number of benzene rings is 2. The first-order valence-electron chi connectivity index (χ1n) is 9.20. The number of carbonyl (C=O) groups excluding carboxylic acids is 1. The summed E-state index contributed by atoms with van der Waals surface area (Å²) in [5, 5.41) is 15.1. The Morgan fingerprint density at radius 2 is 2.03 bits per heavy atom. The third-order valence-electron chi connectivity index (χ3n) is 4.58. The third kappa shape index (κ3) is 4.19. The van der Waals surface area contributed by atoms with Crippen LogP contribution >= 0.6 is 11.8 Å². The van der Waals surface area contributed by atoms with E-state index in [1.165, 1.54) is 17.3 Å². The van der Waals surface area contributed by atoms with E-state index in [0.29, 0.717) is 17.5 Å². The van der Waals surface area contributed by atoms with Crippen molar-refractivity contribution in [1.82, 2.24) is 25.5 Å². The van der Waals surface area contributed by atoms with Crippen molar-refractivity contribution in [2.24, 2.45) is 0 Å². The van der Waals surface area contributed by atoms with Crippen LogP contribution in [0.1, 0.15) is 23.6 Å². The minimum absolute atomic E-state index is 0.0946. The normalized spacial score (nSPS) is 13.3. The Morgan fingerprint density at radius 3 is 2.86 bits per heavy atom. The molecule has 1 N–H and O–H groups in total. The SMILES string of the molecule is Cc1ccc(-n2nnnc2S[C@H](C)C(=O)NCc2ccc3c(c2)OCO3)c(C)c1. The molecule has 0 saturated heterocycles. The number of carbonyl (C=O) groups is 1. The van der Waals surface area contributed by atoms with Crippen LogP contribution in [0.4, 0.5) is 0 Å². The fraction of sp³-hybridized carbons (Fsp3) is 0.300. The molecule has 9 heteroatoms. The Balaban J connectivity index is 1.40. The van der Waals surface area contributed by atoms with Gasteiger partial charge in [0, 0.05) is 6.54 Å². The molecule has 0 radical (unpaired) electrons. The van der Waals surface area contributed by atoms with Crippen molar-refractivity contribution < 1.29 is 14.3 Å². The number of amides is 1. The quantitative estimate of drug-likeness (QED) is 0.624. The van der Waals surface area contributed by atoms with Gasteiger partial charge in [-0.2, -0.15) is 4.68 Å². The second-order valence-corrected chi connectivity index (χ2v) is 8.14. The highest BCUT2D eigenvalue weighted by atomic mass is 32.2. The molecule has 2 heterocycles. The Morgan fingerprint density at radius 1 is 1.21 bits per heavy atom. The number of fused-ring (bicyclic) bond motifs is 1. The van der Waals surface area contributed by atoms with Gasteiger partial charge in [-0.1, -0.05) is 35.5 Å². The maximum atomic E-state index is 12.6. The first-order chi connectivity index (χ1) is 14.0. The lowest BCUT2D eigenvalue weighted by Gasteiger charge is -2.13. The van der Waals surface area contributed by atoms with Crippen LogP contribution in [0.3, 0.4) is 0 Å². The van der Waals surface area contributed by atoms with Gasteiger partial charge in [-0.15, -0.1) is 5.10 Å². The Bertz CT molecular complexity index is 1050. The number of nitrogens with one attached hydrogen (secondary N) is 1. The van der Waals surface area contributed by atoms with Crippen LogP contribution in [0.5, 0.6) is 11.5 Å². The predicted octanol–water partition coefficient (Wildman–Crippen LogP) is 2.80. The highest BCUT2D eigenvalue weighted by molar-refractivity contribution is 8.00. The molecule has 2 aromatic carbocycles. The molecular weight excluding hydrogens is 390 g/mol. The summed E-state index contributed by atoms with van der Waals surface area (Å²) in [4.78, 5) is 12.6. The van der Waals surface area contributed by atoms with Crippen LogP contribution in [0.2, 0.25) is 0 Å². The number of nitrogens with zero attached hydrogens (tertiary/aromatic N) is 4. The van der Waals surface area contributed by atoms with Crippen molar-refractivity contribution in [2.75, 3.05) is 6.79 Å². The molecule has 0 saturated carbocycles. The van der Waals surface area contributed by atoms with Crippen LogP contribution in [-0.4, -0.2) is 38.2 Å². The fourth-order valence-corrected chi connectivity index (χ4v) is 3.87. The van der Waals surface area contributed by atoms with E-state index in [1.807, 2.05) is 51.1 Å².